The van der Waals surface area contributed by atoms with Gasteiger partial charge in [-0.2, -0.15) is 4.98 Å². The molecule has 16 heteroatoms. The summed E-state index contributed by atoms with van der Waals surface area (Å²) in [5, 5.41) is 15.8. The van der Waals surface area contributed by atoms with Gasteiger partial charge in [-0.1, -0.05) is 44.2 Å². The van der Waals surface area contributed by atoms with Crippen LogP contribution >= 0.6 is 8.53 Å². The van der Waals surface area contributed by atoms with Crippen molar-refractivity contribution in [3.63, 3.8) is 0 Å². The minimum Gasteiger partial charge on any atom is -0.462 e. The SMILES string of the molecule is CC.CC(C)OC(=O)CNP(OCC1CC(O)C(n2cnc3c(=O)[nH]c(N)nc32)O1)Oc1ccc2ccccc2c1.FCF. The molecule has 4 unspecified atom stereocenters. The maximum absolute atomic E-state index is 12.1. The third-order valence-corrected chi connectivity index (χ3v) is 7.07. The lowest BCUT2D eigenvalue weighted by Gasteiger charge is -2.21. The molecule has 2 aromatic heterocycles. The van der Waals surface area contributed by atoms with Crippen LogP contribution in [-0.2, 0) is 18.8 Å². The van der Waals surface area contributed by atoms with E-state index in [0.717, 1.165) is 10.8 Å². The number of nitrogens with two attached hydrogens (primary N) is 1. The fraction of sp³-hybridized carbons (Fsp3) is 0.429. The van der Waals surface area contributed by atoms with Crippen molar-refractivity contribution in [1.82, 2.24) is 24.6 Å². The number of anilines is 1. The van der Waals surface area contributed by atoms with Crippen LogP contribution in [-0.4, -0.2) is 69.0 Å². The normalized spacial score (nSPS) is 18.3. The fourth-order valence-electron chi connectivity index (χ4n) is 4.23. The number of hydrogen-bond donors (Lipinski definition) is 4. The third-order valence-electron chi connectivity index (χ3n) is 5.90. The standard InChI is InChI=1S/C25H29N6O7P.C2H6.CH2F2/c1-14(2)36-20(33)11-28-39(38-17-8-7-15-5-3-4-6-16(15)9-17)35-12-18-10-19(32)24(37-18)31-13-27-21-22(31)29-25(26)30-23(21)34;1-2;2-1-3/h3-9,13-14,18-19,24,28,32H,10-12H2,1-2H3,(H3,26,29,30,34);1-2H3;1H2. The molecule has 5 N–H and O–H groups in total. The minimum atomic E-state index is -1.78. The number of halogens is 2. The number of nitrogens with zero attached hydrogens (tertiary/aromatic N) is 3. The number of fused-ring (bicyclic) bond motifs is 2. The molecule has 0 saturated carbocycles. The van der Waals surface area contributed by atoms with Gasteiger partial charge >= 0.3 is 14.5 Å². The summed E-state index contributed by atoms with van der Waals surface area (Å²) in [6.07, 6.45) is -0.911. The summed E-state index contributed by atoms with van der Waals surface area (Å²) < 4.78 is 44.0. The maximum atomic E-state index is 12.1. The van der Waals surface area contributed by atoms with Gasteiger partial charge in [-0.15, -0.1) is 0 Å². The smallest absolute Gasteiger partial charge is 0.320 e. The van der Waals surface area contributed by atoms with Gasteiger partial charge in [0.2, 0.25) is 12.9 Å². The zero-order valence-corrected chi connectivity index (χ0v) is 25.7. The highest BCUT2D eigenvalue weighted by Gasteiger charge is 2.37. The van der Waals surface area contributed by atoms with Crippen LogP contribution in [0.15, 0.2) is 53.6 Å². The predicted molar refractivity (Wildman–Crippen MR) is 162 cm³/mol. The highest BCUT2D eigenvalue weighted by Crippen LogP contribution is 2.39. The Morgan fingerprint density at radius 1 is 1.25 bits per heavy atom. The molecule has 0 spiro atoms. The van der Waals surface area contributed by atoms with Crippen LogP contribution in [0.2, 0.25) is 0 Å². The summed E-state index contributed by atoms with van der Waals surface area (Å²) >= 11 is 0. The Hall–Kier alpha value is -3.75. The molecule has 1 aliphatic heterocycles. The number of aromatic amines is 1. The van der Waals surface area contributed by atoms with Crippen LogP contribution in [0.5, 0.6) is 5.75 Å². The number of esters is 1. The van der Waals surface area contributed by atoms with Crippen molar-refractivity contribution in [1.29, 1.82) is 0 Å². The van der Waals surface area contributed by atoms with E-state index in [9.17, 15) is 23.5 Å². The van der Waals surface area contributed by atoms with Crippen molar-refractivity contribution in [2.45, 2.75) is 58.7 Å². The zero-order valence-electron chi connectivity index (χ0n) is 24.8. The Morgan fingerprint density at radius 2 is 1.95 bits per heavy atom. The molecule has 1 saturated heterocycles. The molecular weight excluding hydrogens is 601 g/mol. The number of nitrogen functional groups attached to an aromatic ring is 1. The van der Waals surface area contributed by atoms with Crippen LogP contribution in [0.3, 0.4) is 0 Å². The molecule has 1 fully saturated rings. The van der Waals surface area contributed by atoms with E-state index in [1.807, 2.05) is 56.3 Å². The van der Waals surface area contributed by atoms with Gasteiger partial charge < -0.3 is 29.4 Å². The molecule has 44 heavy (non-hydrogen) atoms. The Kier molecular flexibility index (Phi) is 13.4. The quantitative estimate of drug-likeness (QED) is 0.144. The summed E-state index contributed by atoms with van der Waals surface area (Å²) in [6.45, 7) is 5.73. The Morgan fingerprint density at radius 3 is 2.66 bits per heavy atom. The highest BCUT2D eigenvalue weighted by atomic mass is 31.2. The van der Waals surface area contributed by atoms with Crippen molar-refractivity contribution in [2.24, 2.45) is 0 Å². The molecule has 5 rings (SSSR count). The number of aromatic nitrogens is 4. The second-order valence-corrected chi connectivity index (χ2v) is 10.6. The second-order valence-electron chi connectivity index (χ2n) is 9.35. The van der Waals surface area contributed by atoms with Crippen molar-refractivity contribution in [3.8, 4) is 5.75 Å². The summed E-state index contributed by atoms with van der Waals surface area (Å²) in [5.74, 6) is 0.0540. The molecule has 3 heterocycles. The van der Waals surface area contributed by atoms with E-state index in [2.05, 4.69) is 20.0 Å². The van der Waals surface area contributed by atoms with Crippen molar-refractivity contribution < 1.29 is 37.2 Å². The number of aliphatic hydroxyl groups excluding tert-OH is 1. The lowest BCUT2D eigenvalue weighted by atomic mass is 10.1. The summed E-state index contributed by atoms with van der Waals surface area (Å²) in [5.41, 5.74) is 5.49. The molecule has 4 atom stereocenters. The molecule has 240 valence electrons. The van der Waals surface area contributed by atoms with Gasteiger partial charge in [0, 0.05) is 6.42 Å². The van der Waals surface area contributed by atoms with Crippen LogP contribution in [0, 0.1) is 0 Å². The molecule has 0 aliphatic carbocycles. The van der Waals surface area contributed by atoms with E-state index in [4.69, 9.17) is 24.3 Å². The number of carbonyl (C=O) groups is 1. The lowest BCUT2D eigenvalue weighted by Crippen LogP contribution is -2.26. The predicted octanol–water partition coefficient (Wildman–Crippen LogP) is 4.28. The third kappa shape index (κ3) is 9.37. The lowest BCUT2D eigenvalue weighted by molar-refractivity contribution is -0.145. The number of benzene rings is 2. The van der Waals surface area contributed by atoms with Crippen molar-refractivity contribution in [2.75, 3.05) is 25.8 Å². The van der Waals surface area contributed by atoms with E-state index in [1.165, 1.54) is 10.9 Å². The number of rotatable bonds is 10. The van der Waals surface area contributed by atoms with Crippen molar-refractivity contribution >= 4 is 42.4 Å². The van der Waals surface area contributed by atoms with Crippen molar-refractivity contribution in [3.05, 3.63) is 59.1 Å². The first-order chi connectivity index (χ1) is 21.2. The van der Waals surface area contributed by atoms with Gasteiger partial charge in [-0.05, 0) is 36.8 Å². The monoisotopic (exact) mass is 638 g/mol. The summed E-state index contributed by atoms with van der Waals surface area (Å²) in [4.78, 5) is 34.8. The van der Waals surface area contributed by atoms with E-state index >= 15 is 0 Å². The summed E-state index contributed by atoms with van der Waals surface area (Å²) in [7, 11) is -1.78. The summed E-state index contributed by atoms with van der Waals surface area (Å²) in [6, 6.07) is 13.5. The highest BCUT2D eigenvalue weighted by molar-refractivity contribution is 7.45. The molecular formula is C28H37F2N6O7P. The molecule has 13 nitrogen and oxygen atoms in total. The molecule has 2 aromatic carbocycles. The average Bonchev–Trinajstić information content (AvgIpc) is 3.58. The maximum Gasteiger partial charge on any atom is 0.320 e. The second kappa shape index (κ2) is 16.9. The Bertz CT molecular complexity index is 1560. The van der Waals surface area contributed by atoms with Gasteiger partial charge in [0.25, 0.3) is 5.56 Å². The first-order valence-corrected chi connectivity index (χ1v) is 15.1. The number of alkyl halides is 2. The van der Waals surface area contributed by atoms with E-state index in [1.54, 1.807) is 13.8 Å². The number of hydrogen-bond acceptors (Lipinski definition) is 11. The van der Waals surface area contributed by atoms with Gasteiger partial charge in [0.15, 0.2) is 17.4 Å². The van der Waals surface area contributed by atoms with Gasteiger partial charge in [-0.25, -0.2) is 18.9 Å². The van der Waals surface area contributed by atoms with Gasteiger partial charge in [0.05, 0.1) is 25.1 Å². The number of ether oxygens (including phenoxy) is 2. The average molecular weight is 639 g/mol. The topological polar surface area (TPSA) is 176 Å². The van der Waals surface area contributed by atoms with E-state index < -0.39 is 45.4 Å². The first kappa shape index (κ1) is 34.7. The number of imidazole rings is 1. The Balaban J connectivity index is 0.000000997. The number of aliphatic hydroxyl groups is 1. The molecule has 4 aromatic rings. The first-order valence-electron chi connectivity index (χ1n) is 13.9. The van der Waals surface area contributed by atoms with Crippen LogP contribution in [0.25, 0.3) is 21.9 Å². The van der Waals surface area contributed by atoms with Crippen LogP contribution in [0.1, 0.15) is 40.3 Å². The fourth-order valence-corrected chi connectivity index (χ4v) is 5.30. The van der Waals surface area contributed by atoms with Gasteiger partial charge in [0.1, 0.15) is 18.4 Å². The number of carbonyl (C=O) groups excluding carboxylic acids is 1. The number of H-pyrrole nitrogens is 1. The Labute approximate surface area is 253 Å². The molecule has 1 aliphatic rings. The molecule has 0 radical (unpaired) electrons. The largest absolute Gasteiger partial charge is 0.462 e. The number of nitrogens with one attached hydrogen (secondary N) is 2. The zero-order chi connectivity index (χ0) is 32.2. The van der Waals surface area contributed by atoms with Crippen LogP contribution < -0.4 is 20.9 Å². The van der Waals surface area contributed by atoms with E-state index in [0.29, 0.717) is 5.75 Å². The molecule has 0 amide bonds. The minimum absolute atomic E-state index is 0.0574. The van der Waals surface area contributed by atoms with Crippen LogP contribution in [0.4, 0.5) is 14.7 Å². The van der Waals surface area contributed by atoms with Gasteiger partial charge in [-0.3, -0.25) is 19.1 Å². The van der Waals surface area contributed by atoms with E-state index in [-0.39, 0.29) is 42.8 Å². The molecule has 0 bridgehead atoms.